The molecule has 0 spiro atoms. The topological polar surface area (TPSA) is 80.6 Å². The van der Waals surface area contributed by atoms with Crippen molar-refractivity contribution in [3.63, 3.8) is 0 Å². The molecule has 1 unspecified atom stereocenters. The smallest absolute Gasteiger partial charge is 0.256 e. The maximum absolute atomic E-state index is 12.6. The number of carbonyl (C=O) groups excluding carboxylic acids is 1. The molecule has 6 heteroatoms. The van der Waals surface area contributed by atoms with Gasteiger partial charge in [0.2, 0.25) is 0 Å². The molecule has 0 radical (unpaired) electrons. The van der Waals surface area contributed by atoms with Crippen molar-refractivity contribution in [2.45, 2.75) is 6.04 Å². The van der Waals surface area contributed by atoms with Gasteiger partial charge in [-0.1, -0.05) is 24.3 Å². The van der Waals surface area contributed by atoms with Crippen LogP contribution in [-0.2, 0) is 0 Å². The molecule has 0 fully saturated rings. The maximum Gasteiger partial charge on any atom is 0.256 e. The highest BCUT2D eigenvalue weighted by Crippen LogP contribution is 2.31. The van der Waals surface area contributed by atoms with Crippen molar-refractivity contribution in [1.82, 2.24) is 5.32 Å². The predicted molar refractivity (Wildman–Crippen MR) is 88.4 cm³/mol. The number of hydrogen-bond donors (Lipinski definition) is 1. The third-order valence-corrected chi connectivity index (χ3v) is 3.50. The second kappa shape index (κ2) is 7.88. The maximum atomic E-state index is 12.6. The van der Waals surface area contributed by atoms with Gasteiger partial charge in [0.05, 0.1) is 33.0 Å². The third-order valence-electron chi connectivity index (χ3n) is 3.50. The average Bonchev–Trinajstić information content (AvgIpc) is 2.64. The van der Waals surface area contributed by atoms with E-state index in [4.69, 9.17) is 14.2 Å². The molecular weight excluding hydrogens is 308 g/mol. The molecule has 0 aliphatic rings. The Kier molecular flexibility index (Phi) is 5.63. The van der Waals surface area contributed by atoms with E-state index < -0.39 is 11.9 Å². The largest absolute Gasteiger partial charge is 0.496 e. The van der Waals surface area contributed by atoms with Crippen molar-refractivity contribution in [3.05, 3.63) is 53.6 Å². The predicted octanol–water partition coefficient (Wildman–Crippen LogP) is 2.71. The van der Waals surface area contributed by atoms with Gasteiger partial charge in [0.1, 0.15) is 11.8 Å². The van der Waals surface area contributed by atoms with Gasteiger partial charge in [0.25, 0.3) is 5.91 Å². The van der Waals surface area contributed by atoms with E-state index in [0.717, 1.165) is 0 Å². The van der Waals surface area contributed by atoms with Crippen LogP contribution in [0.2, 0.25) is 0 Å². The minimum absolute atomic E-state index is 0.284. The summed E-state index contributed by atoms with van der Waals surface area (Å²) >= 11 is 0. The summed E-state index contributed by atoms with van der Waals surface area (Å²) in [5.41, 5.74) is 0.865. The second-order valence-corrected chi connectivity index (χ2v) is 4.82. The quantitative estimate of drug-likeness (QED) is 0.883. The van der Waals surface area contributed by atoms with Crippen LogP contribution in [0.3, 0.4) is 0 Å². The van der Waals surface area contributed by atoms with Gasteiger partial charge in [-0.3, -0.25) is 4.79 Å². The number of hydrogen-bond acceptors (Lipinski definition) is 5. The number of ether oxygens (including phenoxy) is 3. The number of amides is 1. The first-order chi connectivity index (χ1) is 11.7. The number of nitrogens with one attached hydrogen (secondary N) is 1. The van der Waals surface area contributed by atoms with Crippen LogP contribution in [0.1, 0.15) is 22.0 Å². The number of nitrogens with zero attached hydrogens (tertiary/aromatic N) is 1. The number of carbonyl (C=O) groups is 1. The summed E-state index contributed by atoms with van der Waals surface area (Å²) in [4.78, 5) is 12.6. The van der Waals surface area contributed by atoms with E-state index in [-0.39, 0.29) is 5.56 Å². The molecule has 0 heterocycles. The number of benzene rings is 2. The first-order valence-electron chi connectivity index (χ1n) is 7.20. The molecule has 24 heavy (non-hydrogen) atoms. The fourth-order valence-electron chi connectivity index (χ4n) is 2.36. The highest BCUT2D eigenvalue weighted by Gasteiger charge is 2.22. The third kappa shape index (κ3) is 3.41. The van der Waals surface area contributed by atoms with E-state index in [2.05, 4.69) is 11.4 Å². The molecular formula is C18H18N2O4. The molecule has 0 saturated carbocycles. The van der Waals surface area contributed by atoms with Crippen LogP contribution < -0.4 is 19.5 Å². The van der Waals surface area contributed by atoms with E-state index in [9.17, 15) is 10.1 Å². The highest BCUT2D eigenvalue weighted by molar-refractivity contribution is 5.98. The SMILES string of the molecule is COc1ccccc1C(C#N)NC(=O)c1cccc(OC)c1OC. The van der Waals surface area contributed by atoms with E-state index in [1.807, 2.05) is 0 Å². The van der Waals surface area contributed by atoms with E-state index in [1.54, 1.807) is 42.5 Å². The Bertz CT molecular complexity index is 768. The lowest BCUT2D eigenvalue weighted by molar-refractivity contribution is 0.0941. The summed E-state index contributed by atoms with van der Waals surface area (Å²) in [7, 11) is 4.46. The van der Waals surface area contributed by atoms with Crippen LogP contribution in [0.4, 0.5) is 0 Å². The van der Waals surface area contributed by atoms with Crippen LogP contribution in [-0.4, -0.2) is 27.2 Å². The van der Waals surface area contributed by atoms with Crippen molar-refractivity contribution < 1.29 is 19.0 Å². The summed E-state index contributed by atoms with van der Waals surface area (Å²) in [5, 5.41) is 12.1. The molecule has 0 bridgehead atoms. The fourth-order valence-corrected chi connectivity index (χ4v) is 2.36. The standard InChI is InChI=1S/C18H18N2O4/c1-22-15-9-5-4-7-12(15)14(11-19)20-18(21)13-8-6-10-16(23-2)17(13)24-3/h4-10,14H,1-3H3,(H,20,21). The molecule has 0 aromatic heterocycles. The first-order valence-corrected chi connectivity index (χ1v) is 7.20. The van der Waals surface area contributed by atoms with Gasteiger partial charge in [-0.05, 0) is 18.2 Å². The lowest BCUT2D eigenvalue weighted by Gasteiger charge is -2.17. The van der Waals surface area contributed by atoms with Crippen molar-refractivity contribution >= 4 is 5.91 Å². The van der Waals surface area contributed by atoms with Gasteiger partial charge in [0.15, 0.2) is 11.5 Å². The monoisotopic (exact) mass is 326 g/mol. The van der Waals surface area contributed by atoms with Crippen molar-refractivity contribution in [1.29, 1.82) is 5.26 Å². The van der Waals surface area contributed by atoms with Crippen molar-refractivity contribution in [2.75, 3.05) is 21.3 Å². The zero-order valence-corrected chi connectivity index (χ0v) is 13.7. The second-order valence-electron chi connectivity index (χ2n) is 4.82. The Hall–Kier alpha value is -3.20. The summed E-state index contributed by atoms with van der Waals surface area (Å²) in [6, 6.07) is 13.2. The Morgan fingerprint density at radius 2 is 1.67 bits per heavy atom. The Labute approximate surface area is 140 Å². The number of rotatable bonds is 6. The summed E-state index contributed by atoms with van der Waals surface area (Å²) in [5.74, 6) is 0.843. The van der Waals surface area contributed by atoms with Gasteiger partial charge in [-0.25, -0.2) is 0 Å². The van der Waals surface area contributed by atoms with Gasteiger partial charge in [0, 0.05) is 5.56 Å². The molecule has 2 aromatic carbocycles. The normalized spacial score (nSPS) is 11.1. The molecule has 1 N–H and O–H groups in total. The van der Waals surface area contributed by atoms with E-state index in [0.29, 0.717) is 22.8 Å². The molecule has 0 aliphatic heterocycles. The number of para-hydroxylation sites is 2. The zero-order chi connectivity index (χ0) is 17.5. The first kappa shape index (κ1) is 17.2. The van der Waals surface area contributed by atoms with Crippen molar-refractivity contribution in [3.8, 4) is 23.3 Å². The molecule has 0 saturated heterocycles. The van der Waals surface area contributed by atoms with E-state index in [1.165, 1.54) is 21.3 Å². The van der Waals surface area contributed by atoms with Gasteiger partial charge >= 0.3 is 0 Å². The van der Waals surface area contributed by atoms with Gasteiger partial charge in [-0.15, -0.1) is 0 Å². The average molecular weight is 326 g/mol. The van der Waals surface area contributed by atoms with Crippen LogP contribution >= 0.6 is 0 Å². The van der Waals surface area contributed by atoms with Gasteiger partial charge in [-0.2, -0.15) is 5.26 Å². The fraction of sp³-hybridized carbons (Fsp3) is 0.222. The van der Waals surface area contributed by atoms with Crippen LogP contribution in [0.15, 0.2) is 42.5 Å². The molecule has 6 nitrogen and oxygen atoms in total. The minimum Gasteiger partial charge on any atom is -0.496 e. The Balaban J connectivity index is 2.33. The molecule has 2 rings (SSSR count). The highest BCUT2D eigenvalue weighted by atomic mass is 16.5. The molecule has 0 aliphatic carbocycles. The van der Waals surface area contributed by atoms with Crippen molar-refractivity contribution in [2.24, 2.45) is 0 Å². The van der Waals surface area contributed by atoms with Crippen LogP contribution in [0.25, 0.3) is 0 Å². The lowest BCUT2D eigenvalue weighted by atomic mass is 10.1. The van der Waals surface area contributed by atoms with Crippen LogP contribution in [0.5, 0.6) is 17.2 Å². The molecule has 124 valence electrons. The number of methoxy groups -OCH3 is 3. The van der Waals surface area contributed by atoms with Crippen LogP contribution in [0, 0.1) is 11.3 Å². The molecule has 2 aromatic rings. The number of nitriles is 1. The molecule has 1 atom stereocenters. The summed E-state index contributed by atoms with van der Waals surface area (Å²) in [6.45, 7) is 0. The molecule has 1 amide bonds. The zero-order valence-electron chi connectivity index (χ0n) is 13.7. The van der Waals surface area contributed by atoms with E-state index >= 15 is 0 Å². The Morgan fingerprint density at radius 1 is 1.00 bits per heavy atom. The minimum atomic E-state index is -0.857. The van der Waals surface area contributed by atoms with Gasteiger partial charge < -0.3 is 19.5 Å². The Morgan fingerprint density at radius 3 is 2.29 bits per heavy atom. The summed E-state index contributed by atoms with van der Waals surface area (Å²) < 4.78 is 15.7. The summed E-state index contributed by atoms with van der Waals surface area (Å²) in [6.07, 6.45) is 0. The lowest BCUT2D eigenvalue weighted by Crippen LogP contribution is -2.28.